The second-order valence-corrected chi connectivity index (χ2v) is 8.00. The second kappa shape index (κ2) is 14.8. The third kappa shape index (κ3) is 9.36. The SMILES string of the molecule is CCCCCCCCCCCCC/C=C\[C@@H]1O[C@H](c2ccccc2)OC[C@@H]1O. The van der Waals surface area contributed by atoms with Crippen LogP contribution >= 0.6 is 0 Å². The molecule has 3 nitrogen and oxygen atoms in total. The van der Waals surface area contributed by atoms with Crippen molar-refractivity contribution in [3.05, 3.63) is 48.0 Å². The van der Waals surface area contributed by atoms with E-state index in [-0.39, 0.29) is 12.4 Å². The van der Waals surface area contributed by atoms with Crippen molar-refractivity contribution in [2.45, 2.75) is 102 Å². The van der Waals surface area contributed by atoms with Crippen LogP contribution in [0.2, 0.25) is 0 Å². The maximum Gasteiger partial charge on any atom is 0.184 e. The first-order chi connectivity index (χ1) is 13.8. The molecule has 0 aromatic heterocycles. The third-order valence-corrected chi connectivity index (χ3v) is 5.45. The van der Waals surface area contributed by atoms with Gasteiger partial charge in [0.15, 0.2) is 6.29 Å². The number of allylic oxidation sites excluding steroid dienone is 1. The van der Waals surface area contributed by atoms with E-state index >= 15 is 0 Å². The van der Waals surface area contributed by atoms with Gasteiger partial charge in [-0.1, -0.05) is 114 Å². The van der Waals surface area contributed by atoms with Crippen LogP contribution in [0.25, 0.3) is 0 Å². The Morgan fingerprint density at radius 1 is 0.893 bits per heavy atom. The molecule has 1 saturated heterocycles. The van der Waals surface area contributed by atoms with Gasteiger partial charge in [0.05, 0.1) is 6.61 Å². The van der Waals surface area contributed by atoms with Crippen LogP contribution in [0.5, 0.6) is 0 Å². The van der Waals surface area contributed by atoms with Crippen LogP contribution in [-0.2, 0) is 9.47 Å². The average molecular weight is 389 g/mol. The highest BCUT2D eigenvalue weighted by Gasteiger charge is 2.29. The summed E-state index contributed by atoms with van der Waals surface area (Å²) >= 11 is 0. The van der Waals surface area contributed by atoms with Crippen molar-refractivity contribution in [1.82, 2.24) is 0 Å². The van der Waals surface area contributed by atoms with Crippen LogP contribution in [0.15, 0.2) is 42.5 Å². The van der Waals surface area contributed by atoms with Crippen molar-refractivity contribution in [2.75, 3.05) is 6.61 Å². The highest BCUT2D eigenvalue weighted by Crippen LogP contribution is 2.27. The average Bonchev–Trinajstić information content (AvgIpc) is 2.73. The van der Waals surface area contributed by atoms with E-state index in [9.17, 15) is 5.11 Å². The predicted octanol–water partition coefficient (Wildman–Crippen LogP) is 6.72. The van der Waals surface area contributed by atoms with Crippen molar-refractivity contribution in [2.24, 2.45) is 0 Å². The first-order valence-corrected chi connectivity index (χ1v) is 11.5. The first kappa shape index (κ1) is 23.1. The minimum atomic E-state index is -0.589. The molecule has 0 unspecified atom stereocenters. The number of aliphatic hydroxyl groups is 1. The number of ether oxygens (including phenoxy) is 2. The summed E-state index contributed by atoms with van der Waals surface area (Å²) in [5.74, 6) is 0. The molecular weight excluding hydrogens is 348 g/mol. The summed E-state index contributed by atoms with van der Waals surface area (Å²) in [7, 11) is 0. The Balaban J connectivity index is 1.51. The molecule has 1 fully saturated rings. The number of rotatable bonds is 14. The van der Waals surface area contributed by atoms with Gasteiger partial charge in [0.25, 0.3) is 0 Å². The highest BCUT2D eigenvalue weighted by molar-refractivity contribution is 5.16. The molecule has 0 amide bonds. The molecule has 28 heavy (non-hydrogen) atoms. The van der Waals surface area contributed by atoms with E-state index in [1.165, 1.54) is 70.6 Å². The zero-order chi connectivity index (χ0) is 19.9. The van der Waals surface area contributed by atoms with Gasteiger partial charge in [-0.15, -0.1) is 0 Å². The standard InChI is InChI=1S/C25H40O3/c1-2-3-4-5-6-7-8-9-10-11-12-13-17-20-24-23(26)21-27-25(28-24)22-18-15-14-16-19-22/h14-20,23-26H,2-13,21H2,1H3/b20-17-/t23-,24-,25+/m0/s1. The van der Waals surface area contributed by atoms with E-state index in [2.05, 4.69) is 13.0 Å². The van der Waals surface area contributed by atoms with E-state index in [4.69, 9.17) is 9.47 Å². The van der Waals surface area contributed by atoms with Crippen LogP contribution in [0, 0.1) is 0 Å². The van der Waals surface area contributed by atoms with Crippen LogP contribution in [0.4, 0.5) is 0 Å². The zero-order valence-corrected chi connectivity index (χ0v) is 17.7. The lowest BCUT2D eigenvalue weighted by Crippen LogP contribution is -2.39. The molecule has 3 heteroatoms. The molecule has 3 atom stereocenters. The molecule has 1 N–H and O–H groups in total. The van der Waals surface area contributed by atoms with Crippen molar-refractivity contribution < 1.29 is 14.6 Å². The number of unbranched alkanes of at least 4 members (excludes halogenated alkanes) is 11. The van der Waals surface area contributed by atoms with E-state index in [1.54, 1.807) is 0 Å². The zero-order valence-electron chi connectivity index (χ0n) is 17.7. The normalized spacial score (nSPS) is 22.7. The van der Waals surface area contributed by atoms with Crippen LogP contribution < -0.4 is 0 Å². The Morgan fingerprint density at radius 3 is 2.14 bits per heavy atom. The lowest BCUT2D eigenvalue weighted by Gasteiger charge is -2.32. The topological polar surface area (TPSA) is 38.7 Å². The summed E-state index contributed by atoms with van der Waals surface area (Å²) in [6, 6.07) is 9.92. The molecule has 2 rings (SSSR count). The molecule has 1 aliphatic rings. The Kier molecular flexibility index (Phi) is 12.2. The van der Waals surface area contributed by atoms with Crippen LogP contribution in [0.1, 0.15) is 95.8 Å². The quantitative estimate of drug-likeness (QED) is 0.284. The predicted molar refractivity (Wildman–Crippen MR) is 116 cm³/mol. The molecule has 0 aliphatic carbocycles. The van der Waals surface area contributed by atoms with E-state index in [0.29, 0.717) is 6.61 Å². The fraction of sp³-hybridized carbons (Fsp3) is 0.680. The van der Waals surface area contributed by atoms with Crippen molar-refractivity contribution in [3.8, 4) is 0 Å². The maximum atomic E-state index is 10.1. The fourth-order valence-electron chi connectivity index (χ4n) is 3.67. The molecule has 1 aliphatic heterocycles. The fourth-order valence-corrected chi connectivity index (χ4v) is 3.67. The second-order valence-electron chi connectivity index (χ2n) is 8.00. The van der Waals surface area contributed by atoms with Crippen molar-refractivity contribution >= 4 is 0 Å². The number of hydrogen-bond acceptors (Lipinski definition) is 3. The van der Waals surface area contributed by atoms with Gasteiger partial charge in [-0.05, 0) is 12.8 Å². The summed E-state index contributed by atoms with van der Waals surface area (Å²) in [5, 5.41) is 10.1. The number of benzene rings is 1. The van der Waals surface area contributed by atoms with Gasteiger partial charge < -0.3 is 14.6 Å². The highest BCUT2D eigenvalue weighted by atomic mass is 16.7. The summed E-state index contributed by atoms with van der Waals surface area (Å²) < 4.78 is 11.6. The van der Waals surface area contributed by atoms with Gasteiger partial charge in [-0.3, -0.25) is 0 Å². The molecule has 0 bridgehead atoms. The molecule has 0 radical (unpaired) electrons. The Morgan fingerprint density at radius 2 is 1.50 bits per heavy atom. The van der Waals surface area contributed by atoms with E-state index in [0.717, 1.165) is 12.0 Å². The number of aliphatic hydroxyl groups excluding tert-OH is 1. The number of hydrogen-bond donors (Lipinski definition) is 1. The van der Waals surface area contributed by atoms with Crippen LogP contribution in [-0.4, -0.2) is 23.9 Å². The van der Waals surface area contributed by atoms with E-state index < -0.39 is 6.10 Å². The van der Waals surface area contributed by atoms with E-state index in [1.807, 2.05) is 36.4 Å². The molecule has 0 saturated carbocycles. The molecular formula is C25H40O3. The summed E-state index contributed by atoms with van der Waals surface area (Å²) in [5.41, 5.74) is 0.998. The summed E-state index contributed by atoms with van der Waals surface area (Å²) in [6.07, 6.45) is 19.0. The van der Waals surface area contributed by atoms with Crippen molar-refractivity contribution in [1.29, 1.82) is 0 Å². The minimum Gasteiger partial charge on any atom is -0.388 e. The van der Waals surface area contributed by atoms with Gasteiger partial charge >= 0.3 is 0 Å². The Hall–Kier alpha value is -1.16. The molecule has 1 aromatic rings. The molecule has 1 aromatic carbocycles. The summed E-state index contributed by atoms with van der Waals surface area (Å²) in [6.45, 7) is 2.59. The van der Waals surface area contributed by atoms with Gasteiger partial charge in [0, 0.05) is 5.56 Å². The minimum absolute atomic E-state index is 0.285. The monoisotopic (exact) mass is 388 g/mol. The van der Waals surface area contributed by atoms with Crippen molar-refractivity contribution in [3.63, 3.8) is 0 Å². The Labute approximate surface area is 172 Å². The van der Waals surface area contributed by atoms with Gasteiger partial charge in [0.2, 0.25) is 0 Å². The van der Waals surface area contributed by atoms with Gasteiger partial charge in [-0.25, -0.2) is 0 Å². The lowest BCUT2D eigenvalue weighted by molar-refractivity contribution is -0.243. The maximum absolute atomic E-state index is 10.1. The third-order valence-electron chi connectivity index (χ3n) is 5.45. The Bertz CT molecular complexity index is 514. The smallest absolute Gasteiger partial charge is 0.184 e. The molecule has 0 spiro atoms. The lowest BCUT2D eigenvalue weighted by atomic mass is 10.0. The largest absolute Gasteiger partial charge is 0.388 e. The first-order valence-electron chi connectivity index (χ1n) is 11.5. The van der Waals surface area contributed by atoms with Gasteiger partial charge in [-0.2, -0.15) is 0 Å². The molecule has 158 valence electrons. The van der Waals surface area contributed by atoms with Gasteiger partial charge in [0.1, 0.15) is 12.2 Å². The summed E-state index contributed by atoms with van der Waals surface area (Å²) in [4.78, 5) is 0. The van der Waals surface area contributed by atoms with Crippen LogP contribution in [0.3, 0.4) is 0 Å². The molecule has 1 heterocycles.